The molecule has 5 heterocycles. The summed E-state index contributed by atoms with van der Waals surface area (Å²) in [4.78, 5) is 57.9. The van der Waals surface area contributed by atoms with Crippen molar-refractivity contribution in [2.75, 3.05) is 45.9 Å². The number of nitrogens with zero attached hydrogens (tertiary/aromatic N) is 4. The summed E-state index contributed by atoms with van der Waals surface area (Å²) in [5, 5.41) is 4.07. The molecule has 0 spiro atoms. The van der Waals surface area contributed by atoms with E-state index in [1.165, 1.54) is 0 Å². The number of hydrogen-bond acceptors (Lipinski definition) is 7. The number of fused-ring (bicyclic) bond motifs is 3. The van der Waals surface area contributed by atoms with Gasteiger partial charge in [-0.2, -0.15) is 0 Å². The Morgan fingerprint density at radius 3 is 2.39 bits per heavy atom. The second-order valence-corrected chi connectivity index (χ2v) is 12.9. The molecule has 11 heteroatoms. The molecule has 2 bridgehead atoms. The molecule has 2 aromatic rings. The molecule has 44 heavy (non-hydrogen) atoms. The number of benzene rings is 1. The van der Waals surface area contributed by atoms with Crippen molar-refractivity contribution >= 4 is 28.8 Å². The van der Waals surface area contributed by atoms with Gasteiger partial charge in [-0.1, -0.05) is 18.2 Å². The highest BCUT2D eigenvalue weighted by molar-refractivity contribution is 5.97. The van der Waals surface area contributed by atoms with Crippen LogP contribution < -0.4 is 10.9 Å². The van der Waals surface area contributed by atoms with E-state index in [0.717, 1.165) is 62.4 Å². The van der Waals surface area contributed by atoms with Crippen LogP contribution in [0, 0.1) is 0 Å². The van der Waals surface area contributed by atoms with E-state index in [1.54, 1.807) is 20.4 Å². The minimum atomic E-state index is -0.322. The lowest BCUT2D eigenvalue weighted by molar-refractivity contribution is -0.142. The van der Waals surface area contributed by atoms with Gasteiger partial charge in [0, 0.05) is 63.5 Å². The molecule has 1 aromatic heterocycles. The molecule has 4 saturated heterocycles. The van der Waals surface area contributed by atoms with Gasteiger partial charge in [0.05, 0.1) is 12.1 Å². The maximum absolute atomic E-state index is 13.4. The Bertz CT molecular complexity index is 1410. The average Bonchev–Trinajstić information content (AvgIpc) is 3.64. The molecule has 11 nitrogen and oxygen atoms in total. The van der Waals surface area contributed by atoms with Crippen LogP contribution in [0.1, 0.15) is 75.2 Å². The van der Waals surface area contributed by atoms with Gasteiger partial charge in [-0.25, -0.2) is 4.79 Å². The van der Waals surface area contributed by atoms with Crippen molar-refractivity contribution in [2.24, 2.45) is 0 Å². The first kappa shape index (κ1) is 30.6. The summed E-state index contributed by atoms with van der Waals surface area (Å²) in [6.45, 7) is 7.74. The second-order valence-electron chi connectivity index (χ2n) is 12.9. The van der Waals surface area contributed by atoms with Gasteiger partial charge in [0.1, 0.15) is 11.7 Å². The highest BCUT2D eigenvalue weighted by Gasteiger charge is 2.41. The topological polar surface area (TPSA) is 113 Å². The van der Waals surface area contributed by atoms with Crippen LogP contribution in [-0.2, 0) is 14.3 Å². The van der Waals surface area contributed by atoms with E-state index in [9.17, 15) is 19.2 Å². The summed E-state index contributed by atoms with van der Waals surface area (Å²) in [6, 6.07) is 10.1. The first-order chi connectivity index (χ1) is 21.3. The molecule has 4 fully saturated rings. The van der Waals surface area contributed by atoms with Gasteiger partial charge in [-0.3, -0.25) is 19.3 Å². The number of rotatable bonds is 8. The van der Waals surface area contributed by atoms with E-state index < -0.39 is 0 Å². The Kier molecular flexibility index (Phi) is 9.23. The molecule has 238 valence electrons. The maximum Gasteiger partial charge on any atom is 0.409 e. The molecule has 6 rings (SSSR count). The predicted octanol–water partition coefficient (Wildman–Crippen LogP) is 3.16. The first-order valence-corrected chi connectivity index (χ1v) is 16.3. The van der Waals surface area contributed by atoms with E-state index in [0.29, 0.717) is 51.5 Å². The Labute approximate surface area is 258 Å². The standard InChI is InChI=1S/C33H45N5O6/c1-22(2)38-28-8-4-3-7-23(28)19-27(31(38)40)30(39)34-24-20-25-10-11-26(21-24)37(25)12-6-18-44-33(42)36-15-13-35(14-16-36)32(41)29-9-5-17-43-29/h3-4,7-8,19,22,24-26,29H,5-6,9-18,20-21H2,1-2H3,(H,34,39)/t24-,25+,26-,29?. The van der Waals surface area contributed by atoms with Crippen LogP contribution in [-0.4, -0.2) is 107 Å². The zero-order valence-electron chi connectivity index (χ0n) is 25.9. The minimum Gasteiger partial charge on any atom is -0.449 e. The lowest BCUT2D eigenvalue weighted by atomic mass is 9.96. The highest BCUT2D eigenvalue weighted by Crippen LogP contribution is 2.36. The normalized spacial score (nSPS) is 25.5. The van der Waals surface area contributed by atoms with E-state index in [-0.39, 0.29) is 47.2 Å². The van der Waals surface area contributed by atoms with Gasteiger partial charge in [-0.15, -0.1) is 0 Å². The minimum absolute atomic E-state index is 0.0261. The third-order valence-corrected chi connectivity index (χ3v) is 9.77. The molecule has 0 saturated carbocycles. The summed E-state index contributed by atoms with van der Waals surface area (Å²) < 4.78 is 12.8. The third kappa shape index (κ3) is 6.35. The van der Waals surface area contributed by atoms with Gasteiger partial charge in [0.2, 0.25) is 0 Å². The summed E-state index contributed by atoms with van der Waals surface area (Å²) >= 11 is 0. The lowest BCUT2D eigenvalue weighted by Crippen LogP contribution is -2.53. The number of carbonyl (C=O) groups excluding carboxylic acids is 3. The number of aromatic nitrogens is 1. The molecule has 4 atom stereocenters. The smallest absolute Gasteiger partial charge is 0.409 e. The number of nitrogens with one attached hydrogen (secondary N) is 1. The Morgan fingerprint density at radius 1 is 1.00 bits per heavy atom. The van der Waals surface area contributed by atoms with Crippen LogP contribution >= 0.6 is 0 Å². The van der Waals surface area contributed by atoms with Crippen molar-refractivity contribution in [3.05, 3.63) is 46.2 Å². The molecule has 0 radical (unpaired) electrons. The van der Waals surface area contributed by atoms with E-state index in [2.05, 4.69) is 10.2 Å². The molecule has 1 aromatic carbocycles. The Hall–Kier alpha value is -3.44. The fourth-order valence-corrected chi connectivity index (χ4v) is 7.56. The van der Waals surface area contributed by atoms with Gasteiger partial charge >= 0.3 is 6.09 Å². The molecular weight excluding hydrogens is 562 g/mol. The fraction of sp³-hybridized carbons (Fsp3) is 0.636. The Balaban J connectivity index is 0.952. The zero-order valence-corrected chi connectivity index (χ0v) is 25.9. The van der Waals surface area contributed by atoms with Crippen molar-refractivity contribution < 1.29 is 23.9 Å². The number of piperazine rings is 1. The van der Waals surface area contributed by atoms with Crippen molar-refractivity contribution in [2.45, 2.75) is 89.1 Å². The van der Waals surface area contributed by atoms with Crippen LogP contribution in [0.3, 0.4) is 0 Å². The molecule has 0 aliphatic carbocycles. The number of pyridine rings is 1. The molecule has 4 aliphatic heterocycles. The van der Waals surface area contributed by atoms with Crippen molar-refractivity contribution in [3.8, 4) is 0 Å². The van der Waals surface area contributed by atoms with Crippen molar-refractivity contribution in [1.29, 1.82) is 0 Å². The number of para-hydroxylation sites is 1. The molecule has 1 N–H and O–H groups in total. The van der Waals surface area contributed by atoms with E-state index in [1.807, 2.05) is 38.1 Å². The molecule has 1 unspecified atom stereocenters. The number of ether oxygens (including phenoxy) is 2. The van der Waals surface area contributed by atoms with Crippen LogP contribution in [0.2, 0.25) is 0 Å². The lowest BCUT2D eigenvalue weighted by Gasteiger charge is -2.39. The largest absolute Gasteiger partial charge is 0.449 e. The number of amides is 3. The second kappa shape index (κ2) is 13.3. The summed E-state index contributed by atoms with van der Waals surface area (Å²) in [5.74, 6) is -0.256. The number of carbonyl (C=O) groups is 3. The van der Waals surface area contributed by atoms with E-state index in [4.69, 9.17) is 9.47 Å². The average molecular weight is 608 g/mol. The molecule has 3 amide bonds. The van der Waals surface area contributed by atoms with Gasteiger partial charge in [-0.05, 0) is 76.3 Å². The Morgan fingerprint density at radius 2 is 1.70 bits per heavy atom. The van der Waals surface area contributed by atoms with Crippen LogP contribution in [0.15, 0.2) is 35.1 Å². The highest BCUT2D eigenvalue weighted by atomic mass is 16.6. The quantitative estimate of drug-likeness (QED) is 0.459. The third-order valence-electron chi connectivity index (χ3n) is 9.77. The van der Waals surface area contributed by atoms with Crippen molar-refractivity contribution in [3.63, 3.8) is 0 Å². The summed E-state index contributed by atoms with van der Waals surface area (Å²) in [5.41, 5.74) is 0.787. The molecule has 4 aliphatic rings. The number of piperidine rings is 1. The van der Waals surface area contributed by atoms with Crippen LogP contribution in [0.5, 0.6) is 0 Å². The van der Waals surface area contributed by atoms with Crippen molar-refractivity contribution in [1.82, 2.24) is 24.6 Å². The summed E-state index contributed by atoms with van der Waals surface area (Å²) in [7, 11) is 0. The maximum atomic E-state index is 13.4. The first-order valence-electron chi connectivity index (χ1n) is 16.3. The van der Waals surface area contributed by atoms with Gasteiger partial charge in [0.15, 0.2) is 0 Å². The van der Waals surface area contributed by atoms with Crippen LogP contribution in [0.4, 0.5) is 4.79 Å². The fourth-order valence-electron chi connectivity index (χ4n) is 7.56. The summed E-state index contributed by atoms with van der Waals surface area (Å²) in [6.07, 6.45) is 5.68. The number of hydrogen-bond donors (Lipinski definition) is 1. The van der Waals surface area contributed by atoms with Gasteiger partial charge < -0.3 is 29.2 Å². The SMILES string of the molecule is CC(C)n1c(=O)c(C(=O)N[C@H]2C[C@H]3CC[C@@H](C2)N3CCCOC(=O)N2CCN(C(=O)C3CCCO3)CC2)cc2ccccc21. The molecular formula is C33H45N5O6. The van der Waals surface area contributed by atoms with Crippen LogP contribution in [0.25, 0.3) is 10.9 Å². The zero-order chi connectivity index (χ0) is 30.8. The monoisotopic (exact) mass is 607 g/mol. The van der Waals surface area contributed by atoms with E-state index >= 15 is 0 Å². The predicted molar refractivity (Wildman–Crippen MR) is 166 cm³/mol. The van der Waals surface area contributed by atoms with Gasteiger partial charge in [0.25, 0.3) is 17.4 Å².